The summed E-state index contributed by atoms with van der Waals surface area (Å²) in [5.74, 6) is -0.108. The van der Waals surface area contributed by atoms with Gasteiger partial charge in [0.15, 0.2) is 0 Å². The van der Waals surface area contributed by atoms with Crippen molar-refractivity contribution in [1.29, 1.82) is 0 Å². The average Bonchev–Trinajstić information content (AvgIpc) is 3.23. The summed E-state index contributed by atoms with van der Waals surface area (Å²) >= 11 is 6.56. The molecule has 0 aliphatic heterocycles. The standard InChI is InChI=1S/C28H38ClN5O/c1-7-34(23-12-10-22(11-13-23)32(4)5)26-15-21(29)14-24(19(26)3)28(35)30-16-20-9-8-18(2)25-17-33(6)31-27(20)25/h8-9,14-15,17,22-23H,7,10-13,16H2,1-6H3,(H,30,35)/t22-,23-. The summed E-state index contributed by atoms with van der Waals surface area (Å²) in [6.45, 7) is 7.61. The lowest BCUT2D eigenvalue weighted by Crippen LogP contribution is -2.42. The van der Waals surface area contributed by atoms with Crippen LogP contribution in [-0.4, -0.2) is 53.3 Å². The zero-order chi connectivity index (χ0) is 25.3. The second kappa shape index (κ2) is 10.6. The van der Waals surface area contributed by atoms with Gasteiger partial charge in [-0.3, -0.25) is 9.48 Å². The van der Waals surface area contributed by atoms with Crippen LogP contribution in [0.3, 0.4) is 0 Å². The Morgan fingerprint density at radius 3 is 2.49 bits per heavy atom. The molecule has 7 heteroatoms. The number of carbonyl (C=O) groups excluding carboxylic acids is 1. The lowest BCUT2D eigenvalue weighted by atomic mass is 9.89. The van der Waals surface area contributed by atoms with Crippen molar-refractivity contribution in [2.24, 2.45) is 7.05 Å². The first-order valence-electron chi connectivity index (χ1n) is 12.6. The molecule has 1 aliphatic rings. The van der Waals surface area contributed by atoms with E-state index in [-0.39, 0.29) is 5.91 Å². The van der Waals surface area contributed by atoms with Crippen molar-refractivity contribution in [3.8, 4) is 0 Å². The van der Waals surface area contributed by atoms with Crippen LogP contribution in [0, 0.1) is 13.8 Å². The van der Waals surface area contributed by atoms with Crippen molar-refractivity contribution < 1.29 is 4.79 Å². The van der Waals surface area contributed by atoms with E-state index in [2.05, 4.69) is 54.2 Å². The van der Waals surface area contributed by atoms with Crippen LogP contribution < -0.4 is 10.2 Å². The molecular formula is C28H38ClN5O. The number of aromatic nitrogens is 2. The molecule has 1 heterocycles. The summed E-state index contributed by atoms with van der Waals surface area (Å²) in [7, 11) is 6.26. The molecule has 0 unspecified atom stereocenters. The summed E-state index contributed by atoms with van der Waals surface area (Å²) in [5, 5.41) is 9.43. The SMILES string of the molecule is CCN(c1cc(Cl)cc(C(=O)NCc2ccc(C)c3cn(C)nc23)c1C)[C@H]1CC[C@H](N(C)C)CC1. The number of anilines is 1. The van der Waals surface area contributed by atoms with Gasteiger partial charge in [0.2, 0.25) is 0 Å². The lowest BCUT2D eigenvalue weighted by molar-refractivity contribution is 0.0950. The van der Waals surface area contributed by atoms with Gasteiger partial charge in [0.1, 0.15) is 0 Å². The lowest BCUT2D eigenvalue weighted by Gasteiger charge is -2.40. The molecule has 1 N–H and O–H groups in total. The Balaban J connectivity index is 1.54. The number of benzene rings is 2. The minimum absolute atomic E-state index is 0.108. The highest BCUT2D eigenvalue weighted by molar-refractivity contribution is 6.31. The van der Waals surface area contributed by atoms with E-state index >= 15 is 0 Å². The second-order valence-electron chi connectivity index (χ2n) is 10.1. The molecule has 1 amide bonds. The molecule has 0 radical (unpaired) electrons. The van der Waals surface area contributed by atoms with Gasteiger partial charge in [-0.1, -0.05) is 23.7 Å². The van der Waals surface area contributed by atoms with Gasteiger partial charge >= 0.3 is 0 Å². The van der Waals surface area contributed by atoms with Crippen LogP contribution in [0.15, 0.2) is 30.5 Å². The average molecular weight is 496 g/mol. The van der Waals surface area contributed by atoms with Gasteiger partial charge in [0, 0.05) is 60.1 Å². The Hall–Kier alpha value is -2.57. The molecular weight excluding hydrogens is 458 g/mol. The van der Waals surface area contributed by atoms with E-state index in [0.717, 1.165) is 47.1 Å². The third-order valence-electron chi connectivity index (χ3n) is 7.61. The second-order valence-corrected chi connectivity index (χ2v) is 10.5. The summed E-state index contributed by atoms with van der Waals surface area (Å²) in [6.07, 6.45) is 6.71. The monoisotopic (exact) mass is 495 g/mol. The quantitative estimate of drug-likeness (QED) is 0.472. The molecule has 1 aromatic heterocycles. The summed E-state index contributed by atoms with van der Waals surface area (Å²) in [4.78, 5) is 18.1. The highest BCUT2D eigenvalue weighted by atomic mass is 35.5. The third-order valence-corrected chi connectivity index (χ3v) is 7.83. The van der Waals surface area contributed by atoms with E-state index in [1.54, 1.807) is 6.07 Å². The number of nitrogens with one attached hydrogen (secondary N) is 1. The number of hydrogen-bond donors (Lipinski definition) is 1. The minimum Gasteiger partial charge on any atom is -0.369 e. The van der Waals surface area contributed by atoms with Crippen molar-refractivity contribution in [2.45, 2.75) is 65.1 Å². The maximum atomic E-state index is 13.3. The number of carbonyl (C=O) groups is 1. The first-order valence-corrected chi connectivity index (χ1v) is 13.0. The Labute approximate surface area is 214 Å². The van der Waals surface area contributed by atoms with Crippen LogP contribution in [0.1, 0.15) is 59.7 Å². The number of nitrogens with zero attached hydrogens (tertiary/aromatic N) is 4. The van der Waals surface area contributed by atoms with Crippen molar-refractivity contribution in [2.75, 3.05) is 25.5 Å². The van der Waals surface area contributed by atoms with E-state index in [4.69, 9.17) is 11.6 Å². The number of fused-ring (bicyclic) bond motifs is 1. The molecule has 0 saturated heterocycles. The molecule has 188 valence electrons. The van der Waals surface area contributed by atoms with E-state index in [1.165, 1.54) is 18.4 Å². The molecule has 35 heavy (non-hydrogen) atoms. The molecule has 6 nitrogen and oxygen atoms in total. The Morgan fingerprint density at radius 2 is 1.83 bits per heavy atom. The van der Waals surface area contributed by atoms with Crippen molar-refractivity contribution >= 4 is 34.1 Å². The van der Waals surface area contributed by atoms with Crippen LogP contribution in [0.2, 0.25) is 5.02 Å². The topological polar surface area (TPSA) is 53.4 Å². The molecule has 1 saturated carbocycles. The van der Waals surface area contributed by atoms with E-state index < -0.39 is 0 Å². The van der Waals surface area contributed by atoms with Gasteiger partial charge in [-0.25, -0.2) is 0 Å². The van der Waals surface area contributed by atoms with Crippen LogP contribution in [0.5, 0.6) is 0 Å². The van der Waals surface area contributed by atoms with E-state index in [9.17, 15) is 4.79 Å². The number of rotatable bonds is 7. The number of aryl methyl sites for hydroxylation is 2. The molecule has 1 aliphatic carbocycles. The van der Waals surface area contributed by atoms with Gasteiger partial charge in [0.25, 0.3) is 5.91 Å². The first kappa shape index (κ1) is 25.5. The minimum atomic E-state index is -0.108. The maximum Gasteiger partial charge on any atom is 0.251 e. The van der Waals surface area contributed by atoms with Gasteiger partial charge < -0.3 is 15.1 Å². The zero-order valence-electron chi connectivity index (χ0n) is 21.9. The molecule has 4 rings (SSSR count). The molecule has 0 spiro atoms. The number of halogens is 1. The highest BCUT2D eigenvalue weighted by Gasteiger charge is 2.28. The number of hydrogen-bond acceptors (Lipinski definition) is 4. The van der Waals surface area contributed by atoms with Crippen LogP contribution >= 0.6 is 11.6 Å². The fourth-order valence-electron chi connectivity index (χ4n) is 5.53. The third kappa shape index (κ3) is 5.34. The Morgan fingerprint density at radius 1 is 1.14 bits per heavy atom. The van der Waals surface area contributed by atoms with Gasteiger partial charge in [-0.15, -0.1) is 0 Å². The Kier molecular flexibility index (Phi) is 7.72. The van der Waals surface area contributed by atoms with Crippen LogP contribution in [0.4, 0.5) is 5.69 Å². The van der Waals surface area contributed by atoms with Crippen LogP contribution in [-0.2, 0) is 13.6 Å². The van der Waals surface area contributed by atoms with E-state index in [1.807, 2.05) is 37.0 Å². The normalized spacial score (nSPS) is 18.3. The zero-order valence-corrected chi connectivity index (χ0v) is 22.6. The van der Waals surface area contributed by atoms with Crippen molar-refractivity contribution in [3.63, 3.8) is 0 Å². The summed E-state index contributed by atoms with van der Waals surface area (Å²) in [6, 6.07) is 9.06. The first-order chi connectivity index (χ1) is 16.7. The molecule has 2 aromatic carbocycles. The van der Waals surface area contributed by atoms with Gasteiger partial charge in [0.05, 0.1) is 5.52 Å². The number of amides is 1. The molecule has 1 fully saturated rings. The predicted octanol–water partition coefficient (Wildman–Crippen LogP) is 5.47. The Bertz CT molecular complexity index is 1210. The summed E-state index contributed by atoms with van der Waals surface area (Å²) in [5.41, 5.74) is 5.81. The van der Waals surface area contributed by atoms with Crippen LogP contribution in [0.25, 0.3) is 10.9 Å². The maximum absolute atomic E-state index is 13.3. The molecule has 0 atom stereocenters. The predicted molar refractivity (Wildman–Crippen MR) is 146 cm³/mol. The van der Waals surface area contributed by atoms with E-state index in [0.29, 0.717) is 29.2 Å². The summed E-state index contributed by atoms with van der Waals surface area (Å²) < 4.78 is 1.82. The van der Waals surface area contributed by atoms with Crippen molar-refractivity contribution in [3.05, 3.63) is 57.7 Å². The molecule has 3 aromatic rings. The smallest absolute Gasteiger partial charge is 0.251 e. The fourth-order valence-corrected chi connectivity index (χ4v) is 5.74. The van der Waals surface area contributed by atoms with Gasteiger partial charge in [-0.2, -0.15) is 5.10 Å². The van der Waals surface area contributed by atoms with Crippen molar-refractivity contribution in [1.82, 2.24) is 20.0 Å². The largest absolute Gasteiger partial charge is 0.369 e. The molecule has 0 bridgehead atoms. The van der Waals surface area contributed by atoms with Gasteiger partial charge in [-0.05, 0) is 89.4 Å². The highest BCUT2D eigenvalue weighted by Crippen LogP contribution is 2.34. The fraction of sp³-hybridized carbons (Fsp3) is 0.500.